The van der Waals surface area contributed by atoms with Gasteiger partial charge in [0.2, 0.25) is 10.0 Å². The SMILES string of the molecule is CS(=O)(=O)NC1=CC=CC(O)C1. The summed E-state index contributed by atoms with van der Waals surface area (Å²) >= 11 is 0. The summed E-state index contributed by atoms with van der Waals surface area (Å²) in [7, 11) is -3.21. The predicted octanol–water partition coefficient (Wildman–Crippen LogP) is -0.260. The quantitative estimate of drug-likeness (QED) is 0.629. The van der Waals surface area contributed by atoms with Crippen molar-refractivity contribution >= 4 is 10.0 Å². The topological polar surface area (TPSA) is 66.4 Å². The molecule has 0 saturated carbocycles. The lowest BCUT2D eigenvalue weighted by Crippen LogP contribution is -2.24. The highest BCUT2D eigenvalue weighted by molar-refractivity contribution is 7.88. The molecule has 0 radical (unpaired) electrons. The first-order valence-corrected chi connectivity index (χ1v) is 5.40. The molecule has 0 aromatic carbocycles. The van der Waals surface area contributed by atoms with Gasteiger partial charge in [0.25, 0.3) is 0 Å². The molecular weight excluding hydrogens is 178 g/mol. The van der Waals surface area contributed by atoms with Crippen LogP contribution in [-0.4, -0.2) is 25.9 Å². The number of rotatable bonds is 2. The zero-order valence-corrected chi connectivity index (χ0v) is 7.50. The summed E-state index contributed by atoms with van der Waals surface area (Å²) in [4.78, 5) is 0. The summed E-state index contributed by atoms with van der Waals surface area (Å²) in [6, 6.07) is 0. The average molecular weight is 189 g/mol. The van der Waals surface area contributed by atoms with E-state index < -0.39 is 16.1 Å². The van der Waals surface area contributed by atoms with Crippen molar-refractivity contribution in [2.24, 2.45) is 0 Å². The second-order valence-electron chi connectivity index (χ2n) is 2.72. The van der Waals surface area contributed by atoms with Crippen molar-refractivity contribution in [3.05, 3.63) is 23.9 Å². The first-order chi connectivity index (χ1) is 5.47. The van der Waals surface area contributed by atoms with Crippen LogP contribution < -0.4 is 4.72 Å². The summed E-state index contributed by atoms with van der Waals surface area (Å²) in [5.74, 6) is 0. The van der Waals surface area contributed by atoms with Crippen LogP contribution in [0.25, 0.3) is 0 Å². The standard InChI is InChI=1S/C7H11NO3S/c1-12(10,11)8-6-3-2-4-7(9)5-6/h2-4,7-9H,5H2,1H3. The summed E-state index contributed by atoms with van der Waals surface area (Å²) in [6.07, 6.45) is 5.68. The highest BCUT2D eigenvalue weighted by atomic mass is 32.2. The van der Waals surface area contributed by atoms with Crippen LogP contribution in [0, 0.1) is 0 Å². The first kappa shape index (κ1) is 9.28. The summed E-state index contributed by atoms with van der Waals surface area (Å²) in [5, 5.41) is 9.11. The molecule has 12 heavy (non-hydrogen) atoms. The van der Waals surface area contributed by atoms with Gasteiger partial charge in [0.15, 0.2) is 0 Å². The Morgan fingerprint density at radius 3 is 2.83 bits per heavy atom. The highest BCUT2D eigenvalue weighted by Crippen LogP contribution is 2.10. The second kappa shape index (κ2) is 3.28. The zero-order valence-electron chi connectivity index (χ0n) is 6.69. The van der Waals surface area contributed by atoms with E-state index in [2.05, 4.69) is 4.72 Å². The highest BCUT2D eigenvalue weighted by Gasteiger charge is 2.10. The van der Waals surface area contributed by atoms with Crippen LogP contribution in [0.5, 0.6) is 0 Å². The van der Waals surface area contributed by atoms with Crippen molar-refractivity contribution in [2.75, 3.05) is 6.26 Å². The molecule has 0 aromatic rings. The maximum absolute atomic E-state index is 10.7. The molecule has 1 atom stereocenters. The van der Waals surface area contributed by atoms with E-state index in [1.165, 1.54) is 0 Å². The molecule has 5 heteroatoms. The van der Waals surface area contributed by atoms with Crippen molar-refractivity contribution in [1.82, 2.24) is 4.72 Å². The van der Waals surface area contributed by atoms with Gasteiger partial charge in [0, 0.05) is 12.1 Å². The summed E-state index contributed by atoms with van der Waals surface area (Å²) in [6.45, 7) is 0. The average Bonchev–Trinajstić information content (AvgIpc) is 1.82. The maximum Gasteiger partial charge on any atom is 0.229 e. The molecule has 1 unspecified atom stereocenters. The normalized spacial score (nSPS) is 23.5. The molecule has 0 fully saturated rings. The molecule has 0 saturated heterocycles. The minimum Gasteiger partial charge on any atom is -0.389 e. The summed E-state index contributed by atoms with van der Waals surface area (Å²) < 4.78 is 23.8. The Morgan fingerprint density at radius 2 is 2.33 bits per heavy atom. The molecule has 0 bridgehead atoms. The Kier molecular flexibility index (Phi) is 2.54. The number of sulfonamides is 1. The molecular formula is C7H11NO3S. The fraction of sp³-hybridized carbons (Fsp3) is 0.429. The Labute approximate surface area is 71.6 Å². The van der Waals surface area contributed by atoms with Crippen LogP contribution in [-0.2, 0) is 10.0 Å². The third-order valence-electron chi connectivity index (χ3n) is 1.38. The van der Waals surface area contributed by atoms with Gasteiger partial charge < -0.3 is 5.11 Å². The lowest BCUT2D eigenvalue weighted by Gasteiger charge is -2.13. The third kappa shape index (κ3) is 3.06. The molecule has 2 N–H and O–H groups in total. The van der Waals surface area contributed by atoms with Crippen LogP contribution >= 0.6 is 0 Å². The van der Waals surface area contributed by atoms with Gasteiger partial charge in [-0.15, -0.1) is 0 Å². The number of nitrogens with one attached hydrogen (secondary N) is 1. The van der Waals surface area contributed by atoms with Crippen molar-refractivity contribution < 1.29 is 13.5 Å². The molecule has 0 spiro atoms. The van der Waals surface area contributed by atoms with Gasteiger partial charge >= 0.3 is 0 Å². The molecule has 1 rings (SSSR count). The van der Waals surface area contributed by atoms with Crippen molar-refractivity contribution in [2.45, 2.75) is 12.5 Å². The van der Waals surface area contributed by atoms with Gasteiger partial charge in [-0.2, -0.15) is 0 Å². The largest absolute Gasteiger partial charge is 0.389 e. The molecule has 0 aliphatic heterocycles. The van der Waals surface area contributed by atoms with Crippen molar-refractivity contribution in [3.63, 3.8) is 0 Å². The van der Waals surface area contributed by atoms with Gasteiger partial charge in [-0.05, 0) is 6.08 Å². The number of allylic oxidation sites excluding steroid dienone is 2. The van der Waals surface area contributed by atoms with E-state index in [0.29, 0.717) is 12.1 Å². The van der Waals surface area contributed by atoms with Crippen LogP contribution in [0.2, 0.25) is 0 Å². The van der Waals surface area contributed by atoms with Gasteiger partial charge in [-0.1, -0.05) is 12.2 Å². The molecule has 0 aromatic heterocycles. The Morgan fingerprint density at radius 1 is 1.67 bits per heavy atom. The Balaban J connectivity index is 2.66. The number of hydrogen-bond donors (Lipinski definition) is 2. The van der Waals surface area contributed by atoms with E-state index in [-0.39, 0.29) is 0 Å². The maximum atomic E-state index is 10.7. The van der Waals surface area contributed by atoms with Crippen LogP contribution in [0.4, 0.5) is 0 Å². The Bertz CT molecular complexity index is 316. The van der Waals surface area contributed by atoms with E-state index in [9.17, 15) is 8.42 Å². The number of hydrogen-bond acceptors (Lipinski definition) is 3. The van der Waals surface area contributed by atoms with E-state index in [1.54, 1.807) is 18.2 Å². The molecule has 68 valence electrons. The first-order valence-electron chi connectivity index (χ1n) is 3.50. The van der Waals surface area contributed by atoms with E-state index in [1.807, 2.05) is 0 Å². The van der Waals surface area contributed by atoms with E-state index in [0.717, 1.165) is 6.26 Å². The van der Waals surface area contributed by atoms with Gasteiger partial charge in [-0.3, -0.25) is 4.72 Å². The lowest BCUT2D eigenvalue weighted by atomic mass is 10.1. The van der Waals surface area contributed by atoms with Gasteiger partial charge in [-0.25, -0.2) is 8.42 Å². The minimum absolute atomic E-state index is 0.323. The molecule has 4 nitrogen and oxygen atoms in total. The Hall–Kier alpha value is -0.810. The molecule has 0 heterocycles. The molecule has 0 amide bonds. The third-order valence-corrected chi connectivity index (χ3v) is 2.01. The minimum atomic E-state index is -3.21. The van der Waals surface area contributed by atoms with Gasteiger partial charge in [0.05, 0.1) is 12.4 Å². The number of aliphatic hydroxyl groups excluding tert-OH is 1. The fourth-order valence-corrected chi connectivity index (χ4v) is 1.60. The van der Waals surface area contributed by atoms with Crippen LogP contribution in [0.1, 0.15) is 6.42 Å². The fourth-order valence-electron chi connectivity index (χ4n) is 0.975. The predicted molar refractivity (Wildman–Crippen MR) is 45.8 cm³/mol. The lowest BCUT2D eigenvalue weighted by molar-refractivity contribution is 0.221. The van der Waals surface area contributed by atoms with E-state index in [4.69, 9.17) is 5.11 Å². The molecule has 1 aliphatic carbocycles. The second-order valence-corrected chi connectivity index (χ2v) is 4.47. The van der Waals surface area contributed by atoms with Crippen LogP contribution in [0.15, 0.2) is 23.9 Å². The summed E-state index contributed by atoms with van der Waals surface area (Å²) in [5.41, 5.74) is 0.521. The molecule has 1 aliphatic rings. The smallest absolute Gasteiger partial charge is 0.229 e. The van der Waals surface area contributed by atoms with E-state index >= 15 is 0 Å². The zero-order chi connectivity index (χ0) is 9.19. The number of aliphatic hydroxyl groups is 1. The monoisotopic (exact) mass is 189 g/mol. The van der Waals surface area contributed by atoms with Crippen LogP contribution in [0.3, 0.4) is 0 Å². The van der Waals surface area contributed by atoms with Crippen molar-refractivity contribution in [1.29, 1.82) is 0 Å². The van der Waals surface area contributed by atoms with Gasteiger partial charge in [0.1, 0.15) is 0 Å². The van der Waals surface area contributed by atoms with Crippen molar-refractivity contribution in [3.8, 4) is 0 Å².